The normalized spacial score (nSPS) is 23.5. The maximum absolute atomic E-state index is 13.7. The maximum atomic E-state index is 13.7. The summed E-state index contributed by atoms with van der Waals surface area (Å²) in [4.78, 5) is 18.4. The summed E-state index contributed by atoms with van der Waals surface area (Å²) >= 11 is 0. The number of fused-ring (bicyclic) bond motifs is 1. The third-order valence-corrected chi connectivity index (χ3v) is 5.73. The van der Waals surface area contributed by atoms with Gasteiger partial charge in [0.2, 0.25) is 5.91 Å². The first kappa shape index (κ1) is 19.9. The molecule has 1 aromatic carbocycles. The smallest absolute Gasteiger partial charge is 0.371 e. The van der Waals surface area contributed by atoms with Crippen LogP contribution >= 0.6 is 0 Å². The number of aromatic nitrogens is 1. The highest BCUT2D eigenvalue weighted by atomic mass is 19.4. The van der Waals surface area contributed by atoms with Crippen LogP contribution in [0.5, 0.6) is 0 Å². The molecule has 29 heavy (non-hydrogen) atoms. The van der Waals surface area contributed by atoms with Crippen LogP contribution in [0.4, 0.5) is 23.2 Å². The van der Waals surface area contributed by atoms with Crippen LogP contribution in [-0.2, 0) is 11.0 Å². The first-order chi connectivity index (χ1) is 13.8. The number of rotatable bonds is 3. The lowest BCUT2D eigenvalue weighted by atomic mass is 9.94. The third kappa shape index (κ3) is 4.01. The fourth-order valence-electron chi connectivity index (χ4n) is 4.13. The van der Waals surface area contributed by atoms with Crippen molar-refractivity contribution in [1.82, 2.24) is 15.6 Å². The van der Waals surface area contributed by atoms with E-state index in [0.717, 1.165) is 6.07 Å². The Bertz CT molecular complexity index is 896. The van der Waals surface area contributed by atoms with E-state index >= 15 is 0 Å². The second-order valence-electron chi connectivity index (χ2n) is 7.58. The first-order valence-corrected chi connectivity index (χ1v) is 9.69. The van der Waals surface area contributed by atoms with Gasteiger partial charge < -0.3 is 15.5 Å². The monoisotopic (exact) mass is 410 g/mol. The zero-order chi connectivity index (χ0) is 20.6. The predicted molar refractivity (Wildman–Crippen MR) is 101 cm³/mol. The Labute approximate surface area is 165 Å². The second kappa shape index (κ2) is 7.78. The van der Waals surface area contributed by atoms with E-state index < -0.39 is 24.0 Å². The standard InChI is InChI=1S/C20H22F4N4O/c21-15-10-25-11-16(15)27-19(29)12-5-8-28(9-6-12)17-4-3-14(20(22,23)24)18-13(17)2-1-7-26-18/h1-4,7,12,15-16,25H,5-6,8-11H2,(H,27,29). The largest absolute Gasteiger partial charge is 0.418 e. The summed E-state index contributed by atoms with van der Waals surface area (Å²) in [6.07, 6.45) is -3.07. The number of hydrogen-bond acceptors (Lipinski definition) is 4. The van der Waals surface area contributed by atoms with Crippen LogP contribution in [0.15, 0.2) is 30.5 Å². The number of carbonyl (C=O) groups excluding carboxylic acids is 1. The zero-order valence-electron chi connectivity index (χ0n) is 15.7. The highest BCUT2D eigenvalue weighted by Crippen LogP contribution is 2.38. The Morgan fingerprint density at radius 2 is 1.93 bits per heavy atom. The highest BCUT2D eigenvalue weighted by Gasteiger charge is 2.35. The minimum Gasteiger partial charge on any atom is -0.371 e. The van der Waals surface area contributed by atoms with Crippen LogP contribution < -0.4 is 15.5 Å². The lowest BCUT2D eigenvalue weighted by molar-refractivity contribution is -0.136. The summed E-state index contributed by atoms with van der Waals surface area (Å²) in [5.74, 6) is -0.377. The number of carbonyl (C=O) groups is 1. The Morgan fingerprint density at radius 1 is 1.17 bits per heavy atom. The predicted octanol–water partition coefficient (Wildman–Crippen LogP) is 2.90. The fourth-order valence-corrected chi connectivity index (χ4v) is 4.13. The number of piperidine rings is 1. The molecule has 2 unspecified atom stereocenters. The van der Waals surface area contributed by atoms with E-state index in [1.165, 1.54) is 12.3 Å². The molecular formula is C20H22F4N4O. The van der Waals surface area contributed by atoms with Gasteiger partial charge in [0.15, 0.2) is 0 Å². The van der Waals surface area contributed by atoms with Crippen molar-refractivity contribution in [2.24, 2.45) is 5.92 Å². The molecule has 3 heterocycles. The molecule has 2 aliphatic rings. The Morgan fingerprint density at radius 3 is 2.59 bits per heavy atom. The molecule has 2 saturated heterocycles. The number of alkyl halides is 4. The lowest BCUT2D eigenvalue weighted by Gasteiger charge is -2.34. The van der Waals surface area contributed by atoms with Gasteiger partial charge in [0.05, 0.1) is 17.1 Å². The van der Waals surface area contributed by atoms with Gasteiger partial charge in [-0.25, -0.2) is 4.39 Å². The van der Waals surface area contributed by atoms with Gasteiger partial charge in [-0.3, -0.25) is 9.78 Å². The topological polar surface area (TPSA) is 57.3 Å². The van der Waals surface area contributed by atoms with E-state index in [-0.39, 0.29) is 23.9 Å². The molecule has 2 atom stereocenters. The van der Waals surface area contributed by atoms with Gasteiger partial charge in [0, 0.05) is 49.4 Å². The van der Waals surface area contributed by atoms with Crippen molar-refractivity contribution in [1.29, 1.82) is 0 Å². The minimum atomic E-state index is -4.47. The molecule has 0 aliphatic carbocycles. The van der Waals surface area contributed by atoms with Crippen LogP contribution in [-0.4, -0.2) is 49.3 Å². The Kier molecular flexibility index (Phi) is 5.33. The average Bonchev–Trinajstić information content (AvgIpc) is 3.11. The van der Waals surface area contributed by atoms with Crippen LogP contribution in [0.2, 0.25) is 0 Å². The molecule has 2 aliphatic heterocycles. The van der Waals surface area contributed by atoms with Gasteiger partial charge in [-0.2, -0.15) is 13.2 Å². The summed E-state index contributed by atoms with van der Waals surface area (Å²) in [7, 11) is 0. The van der Waals surface area contributed by atoms with Gasteiger partial charge in [-0.05, 0) is 37.1 Å². The molecule has 0 bridgehead atoms. The molecule has 2 N–H and O–H groups in total. The first-order valence-electron chi connectivity index (χ1n) is 9.69. The number of amides is 1. The van der Waals surface area contributed by atoms with Crippen LogP contribution in [0.3, 0.4) is 0 Å². The SMILES string of the molecule is O=C(NC1CNCC1F)C1CCN(c2ccc(C(F)(F)F)c3ncccc23)CC1. The second-order valence-corrected chi connectivity index (χ2v) is 7.58. The third-order valence-electron chi connectivity index (χ3n) is 5.73. The molecule has 1 amide bonds. The minimum absolute atomic E-state index is 0.0694. The molecule has 2 fully saturated rings. The highest BCUT2D eigenvalue weighted by molar-refractivity contribution is 5.94. The van der Waals surface area contributed by atoms with E-state index in [1.54, 1.807) is 12.1 Å². The molecule has 156 valence electrons. The Hall–Kier alpha value is -2.42. The van der Waals surface area contributed by atoms with Crippen molar-refractivity contribution >= 4 is 22.5 Å². The van der Waals surface area contributed by atoms with Gasteiger partial charge in [-0.1, -0.05) is 0 Å². The number of pyridine rings is 1. The molecule has 0 saturated carbocycles. The quantitative estimate of drug-likeness (QED) is 0.765. The molecular weight excluding hydrogens is 388 g/mol. The van der Waals surface area contributed by atoms with Crippen LogP contribution in [0.1, 0.15) is 18.4 Å². The van der Waals surface area contributed by atoms with E-state index in [0.29, 0.717) is 43.5 Å². The summed E-state index contributed by atoms with van der Waals surface area (Å²) < 4.78 is 53.6. The summed E-state index contributed by atoms with van der Waals surface area (Å²) in [6.45, 7) is 1.75. The average molecular weight is 410 g/mol. The van der Waals surface area contributed by atoms with Crippen molar-refractivity contribution in [2.45, 2.75) is 31.2 Å². The number of halogens is 4. The molecule has 0 radical (unpaired) electrons. The maximum Gasteiger partial charge on any atom is 0.418 e. The van der Waals surface area contributed by atoms with Crippen molar-refractivity contribution in [3.8, 4) is 0 Å². The van der Waals surface area contributed by atoms with Gasteiger partial charge >= 0.3 is 6.18 Å². The molecule has 1 aromatic heterocycles. The number of nitrogens with one attached hydrogen (secondary N) is 2. The molecule has 2 aromatic rings. The van der Waals surface area contributed by atoms with Crippen molar-refractivity contribution < 1.29 is 22.4 Å². The number of benzene rings is 1. The van der Waals surface area contributed by atoms with Crippen LogP contribution in [0.25, 0.3) is 10.9 Å². The summed E-state index contributed by atoms with van der Waals surface area (Å²) in [5, 5.41) is 6.13. The van der Waals surface area contributed by atoms with Gasteiger partial charge in [0.1, 0.15) is 6.17 Å². The van der Waals surface area contributed by atoms with E-state index in [9.17, 15) is 22.4 Å². The molecule has 9 heteroatoms. The van der Waals surface area contributed by atoms with E-state index in [2.05, 4.69) is 15.6 Å². The summed E-state index contributed by atoms with van der Waals surface area (Å²) in [6, 6.07) is 5.31. The lowest BCUT2D eigenvalue weighted by Crippen LogP contribution is -2.47. The van der Waals surface area contributed by atoms with Crippen molar-refractivity contribution in [3.05, 3.63) is 36.0 Å². The number of anilines is 1. The summed E-state index contributed by atoms with van der Waals surface area (Å²) in [5.41, 5.74) is -0.138. The number of hydrogen-bond donors (Lipinski definition) is 2. The fraction of sp³-hybridized carbons (Fsp3) is 0.500. The molecule has 4 rings (SSSR count). The van der Waals surface area contributed by atoms with Crippen LogP contribution in [0, 0.1) is 5.92 Å². The van der Waals surface area contributed by atoms with E-state index in [4.69, 9.17) is 0 Å². The van der Waals surface area contributed by atoms with Crippen molar-refractivity contribution in [2.75, 3.05) is 31.1 Å². The molecule has 5 nitrogen and oxygen atoms in total. The zero-order valence-corrected chi connectivity index (χ0v) is 15.7. The number of nitrogens with zero attached hydrogens (tertiary/aromatic N) is 2. The van der Waals surface area contributed by atoms with Crippen molar-refractivity contribution in [3.63, 3.8) is 0 Å². The molecule has 0 spiro atoms. The Balaban J connectivity index is 1.47. The van der Waals surface area contributed by atoms with E-state index in [1.807, 2.05) is 4.90 Å². The van der Waals surface area contributed by atoms with Gasteiger partial charge in [0.25, 0.3) is 0 Å². The van der Waals surface area contributed by atoms with Gasteiger partial charge in [-0.15, -0.1) is 0 Å².